The molecule has 3 aliphatic rings. The van der Waals surface area contributed by atoms with Crippen molar-refractivity contribution < 1.29 is 19.1 Å². The van der Waals surface area contributed by atoms with Crippen LogP contribution in [-0.2, 0) is 16.0 Å². The minimum Gasteiger partial charge on any atom is -0.483 e. The molecule has 0 saturated carbocycles. The van der Waals surface area contributed by atoms with Crippen LogP contribution in [0.15, 0.2) is 47.1 Å². The largest absolute Gasteiger partial charge is 0.483 e. The number of fused-ring (bicyclic) bond motifs is 1. The van der Waals surface area contributed by atoms with E-state index in [0.717, 1.165) is 43.4 Å². The van der Waals surface area contributed by atoms with Crippen LogP contribution in [-0.4, -0.2) is 41.2 Å². The lowest BCUT2D eigenvalue weighted by Crippen LogP contribution is -2.42. The first-order valence-corrected chi connectivity index (χ1v) is 12.5. The monoisotopic (exact) mass is 468 g/mol. The number of benzene rings is 1. The molecule has 6 heteroatoms. The Balaban J connectivity index is 0.000000970. The average molecular weight is 469 g/mol. The second-order valence-electron chi connectivity index (χ2n) is 8.68. The van der Waals surface area contributed by atoms with Crippen molar-refractivity contribution in [1.82, 2.24) is 4.90 Å². The number of ketones is 1. The summed E-state index contributed by atoms with van der Waals surface area (Å²) in [6, 6.07) is 5.72. The number of ether oxygens (including phenoxy) is 2. The normalized spacial score (nSPS) is 16.9. The van der Waals surface area contributed by atoms with Crippen molar-refractivity contribution in [2.45, 2.75) is 85.7 Å². The topological polar surface area (TPSA) is 68.2 Å². The van der Waals surface area contributed by atoms with Crippen LogP contribution in [0.4, 0.5) is 0 Å². The van der Waals surface area contributed by atoms with Crippen LogP contribution in [0.5, 0.6) is 11.5 Å². The highest BCUT2D eigenvalue weighted by Crippen LogP contribution is 2.41. The Hall–Kier alpha value is -2.89. The maximum absolute atomic E-state index is 13.1. The van der Waals surface area contributed by atoms with Gasteiger partial charge in [-0.05, 0) is 57.2 Å². The summed E-state index contributed by atoms with van der Waals surface area (Å²) in [5, 5.41) is 0. The Labute approximate surface area is 204 Å². The van der Waals surface area contributed by atoms with Gasteiger partial charge in [0.05, 0.1) is 6.54 Å². The quantitative estimate of drug-likeness (QED) is 0.477. The second kappa shape index (κ2) is 12.5. The molecule has 6 nitrogen and oxygen atoms in total. The summed E-state index contributed by atoms with van der Waals surface area (Å²) in [6.45, 7) is 15.3. The number of amidine groups is 1. The number of rotatable bonds is 6. The molecule has 2 heterocycles. The van der Waals surface area contributed by atoms with Crippen LogP contribution < -0.4 is 9.47 Å². The fraction of sp³-hybridized carbons (Fsp3) is 0.536. The number of carbonyl (C=O) groups is 2. The SMILES string of the molecule is C=CC(=O)CN(C(=O)COc1cccc2c1OC(C)(C)C2)C1=NC2=C(CCCC2)C1.CC.CC. The third-order valence-corrected chi connectivity index (χ3v) is 5.75. The van der Waals surface area contributed by atoms with E-state index in [9.17, 15) is 9.59 Å². The predicted molar refractivity (Wildman–Crippen MR) is 138 cm³/mol. The van der Waals surface area contributed by atoms with Gasteiger partial charge in [0.25, 0.3) is 5.91 Å². The summed E-state index contributed by atoms with van der Waals surface area (Å²) in [5.41, 5.74) is 3.15. The molecule has 1 aromatic rings. The molecule has 1 aliphatic carbocycles. The number of carbonyl (C=O) groups excluding carboxylic acids is 2. The van der Waals surface area contributed by atoms with Gasteiger partial charge < -0.3 is 9.47 Å². The molecule has 0 N–H and O–H groups in total. The molecule has 1 aromatic carbocycles. The first kappa shape index (κ1) is 27.4. The zero-order chi connectivity index (χ0) is 25.3. The molecule has 0 saturated heterocycles. The van der Waals surface area contributed by atoms with E-state index in [4.69, 9.17) is 9.47 Å². The summed E-state index contributed by atoms with van der Waals surface area (Å²) in [5.74, 6) is 1.37. The van der Waals surface area contributed by atoms with Gasteiger partial charge in [0, 0.05) is 24.1 Å². The van der Waals surface area contributed by atoms with Gasteiger partial charge in [-0.1, -0.05) is 46.4 Å². The van der Waals surface area contributed by atoms with Gasteiger partial charge in [-0.15, -0.1) is 0 Å². The highest BCUT2D eigenvalue weighted by molar-refractivity contribution is 6.05. The zero-order valence-corrected chi connectivity index (χ0v) is 21.7. The second-order valence-corrected chi connectivity index (χ2v) is 8.68. The first-order valence-electron chi connectivity index (χ1n) is 12.5. The molecular formula is C28H40N2O4. The number of hydrogen-bond acceptors (Lipinski definition) is 5. The summed E-state index contributed by atoms with van der Waals surface area (Å²) >= 11 is 0. The summed E-state index contributed by atoms with van der Waals surface area (Å²) in [4.78, 5) is 31.3. The van der Waals surface area contributed by atoms with Crippen LogP contribution in [0.3, 0.4) is 0 Å². The molecular weight excluding hydrogens is 428 g/mol. The minimum absolute atomic E-state index is 0.0679. The molecule has 0 unspecified atom stereocenters. The van der Waals surface area contributed by atoms with E-state index in [1.54, 1.807) is 6.07 Å². The predicted octanol–water partition coefficient (Wildman–Crippen LogP) is 6.05. The van der Waals surface area contributed by atoms with Crippen molar-refractivity contribution in [3.8, 4) is 11.5 Å². The molecule has 0 aromatic heterocycles. The minimum atomic E-state index is -0.294. The third-order valence-electron chi connectivity index (χ3n) is 5.75. The zero-order valence-electron chi connectivity index (χ0n) is 21.7. The van der Waals surface area contributed by atoms with Crippen molar-refractivity contribution in [3.05, 3.63) is 47.7 Å². The highest BCUT2D eigenvalue weighted by Gasteiger charge is 2.33. The number of nitrogens with zero attached hydrogens (tertiary/aromatic N) is 2. The van der Waals surface area contributed by atoms with E-state index in [0.29, 0.717) is 23.8 Å². The van der Waals surface area contributed by atoms with E-state index < -0.39 is 0 Å². The van der Waals surface area contributed by atoms with Gasteiger partial charge in [0.15, 0.2) is 23.9 Å². The van der Waals surface area contributed by atoms with Crippen LogP contribution >= 0.6 is 0 Å². The van der Waals surface area contributed by atoms with E-state index in [1.807, 2.05) is 53.7 Å². The van der Waals surface area contributed by atoms with Gasteiger partial charge in [-0.3, -0.25) is 14.5 Å². The Bertz CT molecular complexity index is 959. The number of para-hydroxylation sites is 1. The molecule has 0 atom stereocenters. The Kier molecular flexibility index (Phi) is 10.1. The smallest absolute Gasteiger partial charge is 0.266 e. The Morgan fingerprint density at radius 2 is 1.88 bits per heavy atom. The van der Waals surface area contributed by atoms with E-state index in [1.165, 1.54) is 16.5 Å². The molecule has 34 heavy (non-hydrogen) atoms. The molecule has 186 valence electrons. The van der Waals surface area contributed by atoms with Gasteiger partial charge in [0.1, 0.15) is 11.4 Å². The standard InChI is InChI=1S/C24H28N2O4.2C2H6/c1-4-18(27)14-26(21-12-16-8-5-6-10-19(16)25-21)22(28)15-29-20-11-7-9-17-13-24(2,3)30-23(17)20;2*1-2/h4,7,9,11H,1,5-6,8,10,12-15H2,2-3H3;2*1-2H3. The number of aliphatic imine (C=N–C) groups is 1. The molecule has 0 fully saturated rings. The van der Waals surface area contributed by atoms with Gasteiger partial charge in [-0.25, -0.2) is 4.99 Å². The average Bonchev–Trinajstić information content (AvgIpc) is 3.42. The molecule has 2 aliphatic heterocycles. The van der Waals surface area contributed by atoms with Crippen molar-refractivity contribution in [2.75, 3.05) is 13.2 Å². The number of allylic oxidation sites excluding steroid dienone is 1. The fourth-order valence-corrected chi connectivity index (χ4v) is 4.28. The Morgan fingerprint density at radius 1 is 1.18 bits per heavy atom. The Morgan fingerprint density at radius 3 is 2.56 bits per heavy atom. The molecule has 1 amide bonds. The van der Waals surface area contributed by atoms with Crippen molar-refractivity contribution in [2.24, 2.45) is 4.99 Å². The fourth-order valence-electron chi connectivity index (χ4n) is 4.28. The first-order chi connectivity index (χ1) is 16.4. The third kappa shape index (κ3) is 6.58. The van der Waals surface area contributed by atoms with Gasteiger partial charge in [0.2, 0.25) is 0 Å². The lowest BCUT2D eigenvalue weighted by atomic mass is 9.96. The summed E-state index contributed by atoms with van der Waals surface area (Å²) in [7, 11) is 0. The molecule has 0 bridgehead atoms. The van der Waals surface area contributed by atoms with Crippen molar-refractivity contribution in [3.63, 3.8) is 0 Å². The highest BCUT2D eigenvalue weighted by atomic mass is 16.5. The van der Waals surface area contributed by atoms with E-state index in [-0.39, 0.29) is 30.4 Å². The summed E-state index contributed by atoms with van der Waals surface area (Å²) in [6.07, 6.45) is 6.89. The number of amides is 1. The van der Waals surface area contributed by atoms with Gasteiger partial charge in [-0.2, -0.15) is 0 Å². The maximum atomic E-state index is 13.1. The lowest BCUT2D eigenvalue weighted by molar-refractivity contribution is -0.132. The van der Waals surface area contributed by atoms with Crippen LogP contribution in [0.1, 0.15) is 79.2 Å². The molecule has 0 radical (unpaired) electrons. The van der Waals surface area contributed by atoms with Gasteiger partial charge >= 0.3 is 0 Å². The molecule has 0 spiro atoms. The lowest BCUT2D eigenvalue weighted by Gasteiger charge is -2.22. The maximum Gasteiger partial charge on any atom is 0.266 e. The van der Waals surface area contributed by atoms with Crippen molar-refractivity contribution in [1.29, 1.82) is 0 Å². The van der Waals surface area contributed by atoms with Crippen LogP contribution in [0.25, 0.3) is 0 Å². The van der Waals surface area contributed by atoms with Crippen LogP contribution in [0, 0.1) is 0 Å². The molecule has 4 rings (SSSR count). The van der Waals surface area contributed by atoms with Crippen LogP contribution in [0.2, 0.25) is 0 Å². The van der Waals surface area contributed by atoms with E-state index >= 15 is 0 Å². The van der Waals surface area contributed by atoms with E-state index in [2.05, 4.69) is 11.6 Å². The summed E-state index contributed by atoms with van der Waals surface area (Å²) < 4.78 is 11.9. The van der Waals surface area contributed by atoms with Crippen molar-refractivity contribution >= 4 is 17.5 Å². The number of hydrogen-bond donors (Lipinski definition) is 0.